The van der Waals surface area contributed by atoms with Crippen molar-refractivity contribution in [2.24, 2.45) is 11.5 Å². The quantitative estimate of drug-likeness (QED) is 0.541. The summed E-state index contributed by atoms with van der Waals surface area (Å²) in [6, 6.07) is 6.07. The van der Waals surface area contributed by atoms with Crippen molar-refractivity contribution in [3.63, 3.8) is 0 Å². The summed E-state index contributed by atoms with van der Waals surface area (Å²) in [7, 11) is 1.48. The van der Waals surface area contributed by atoms with E-state index in [1.54, 1.807) is 0 Å². The number of hydrogen-bond acceptors (Lipinski definition) is 4. The van der Waals surface area contributed by atoms with Gasteiger partial charge in [0.1, 0.15) is 6.04 Å². The van der Waals surface area contributed by atoms with Gasteiger partial charge in [0.25, 0.3) is 0 Å². The lowest BCUT2D eigenvalue weighted by Gasteiger charge is -2.27. The van der Waals surface area contributed by atoms with E-state index in [2.05, 4.69) is 22.6 Å². The second-order valence-corrected chi connectivity index (χ2v) is 6.42. The summed E-state index contributed by atoms with van der Waals surface area (Å²) in [5, 5.41) is 9.24. The number of nitrogens with two attached hydrogens (primary N) is 2. The Bertz CT molecular complexity index is 507. The Morgan fingerprint density at radius 1 is 1.32 bits per heavy atom. The van der Waals surface area contributed by atoms with Crippen LogP contribution in [0.25, 0.3) is 0 Å². The number of hydrogen-bond donors (Lipinski definition) is 3. The molecule has 122 valence electrons. The van der Waals surface area contributed by atoms with E-state index in [1.165, 1.54) is 11.9 Å². The van der Waals surface area contributed by atoms with Crippen molar-refractivity contribution in [2.75, 3.05) is 13.6 Å². The number of amides is 1. The molecule has 0 aliphatic rings. The summed E-state index contributed by atoms with van der Waals surface area (Å²) in [6.07, 6.45) is 1.24. The van der Waals surface area contributed by atoms with E-state index in [-0.39, 0.29) is 5.91 Å². The van der Waals surface area contributed by atoms with Crippen molar-refractivity contribution in [1.29, 1.82) is 0 Å². The molecular weight excluding hydrogens is 397 g/mol. The topological polar surface area (TPSA) is 110 Å². The maximum Gasteiger partial charge on any atom is 0.326 e. The number of rotatable bonds is 8. The first-order valence-corrected chi connectivity index (χ1v) is 8.14. The highest BCUT2D eigenvalue weighted by Gasteiger charge is 2.29. The summed E-state index contributed by atoms with van der Waals surface area (Å²) >= 11 is 2.20. The molecule has 2 atom stereocenters. The van der Waals surface area contributed by atoms with E-state index in [1.807, 2.05) is 24.3 Å². The molecule has 1 amide bonds. The molecule has 7 heteroatoms. The monoisotopic (exact) mass is 419 g/mol. The van der Waals surface area contributed by atoms with E-state index in [4.69, 9.17) is 11.5 Å². The van der Waals surface area contributed by atoms with Crippen molar-refractivity contribution in [1.82, 2.24) is 4.90 Å². The average molecular weight is 419 g/mol. The molecule has 0 saturated carbocycles. The van der Waals surface area contributed by atoms with Crippen molar-refractivity contribution in [3.05, 3.63) is 33.4 Å². The van der Waals surface area contributed by atoms with Crippen LogP contribution in [-0.4, -0.2) is 47.6 Å². The third-order valence-corrected chi connectivity index (χ3v) is 4.19. The molecule has 0 aromatic heterocycles. The van der Waals surface area contributed by atoms with Crippen molar-refractivity contribution in [3.8, 4) is 0 Å². The van der Waals surface area contributed by atoms with Gasteiger partial charge in [-0.2, -0.15) is 0 Å². The predicted molar refractivity (Wildman–Crippen MR) is 93.3 cm³/mol. The molecule has 0 aliphatic heterocycles. The van der Waals surface area contributed by atoms with Gasteiger partial charge in [-0.3, -0.25) is 4.79 Å². The fourth-order valence-electron chi connectivity index (χ4n) is 2.17. The molecule has 0 unspecified atom stereocenters. The molecule has 1 rings (SSSR count). The van der Waals surface area contributed by atoms with Gasteiger partial charge in [0.05, 0.1) is 6.04 Å². The normalized spacial score (nSPS) is 13.5. The number of aliphatic carboxylic acids is 1. The maximum atomic E-state index is 12.3. The second-order valence-electron chi connectivity index (χ2n) is 5.17. The van der Waals surface area contributed by atoms with Gasteiger partial charge < -0.3 is 21.5 Å². The Balaban J connectivity index is 2.70. The molecule has 0 saturated heterocycles. The van der Waals surface area contributed by atoms with Crippen LogP contribution in [0.5, 0.6) is 0 Å². The molecule has 1 aromatic carbocycles. The fraction of sp³-hybridized carbons (Fsp3) is 0.467. The van der Waals surface area contributed by atoms with Gasteiger partial charge in [0.15, 0.2) is 0 Å². The molecule has 22 heavy (non-hydrogen) atoms. The van der Waals surface area contributed by atoms with E-state index < -0.39 is 18.1 Å². The summed E-state index contributed by atoms with van der Waals surface area (Å²) in [5.41, 5.74) is 12.3. The van der Waals surface area contributed by atoms with Crippen LogP contribution in [0, 0.1) is 3.57 Å². The van der Waals surface area contributed by atoms with Gasteiger partial charge in [0.2, 0.25) is 5.91 Å². The molecular formula is C15H22IN3O3. The van der Waals surface area contributed by atoms with Crippen LogP contribution in [0.15, 0.2) is 24.3 Å². The van der Waals surface area contributed by atoms with Gasteiger partial charge >= 0.3 is 5.97 Å². The van der Waals surface area contributed by atoms with Crippen LogP contribution in [0.2, 0.25) is 0 Å². The molecule has 0 radical (unpaired) electrons. The highest BCUT2D eigenvalue weighted by atomic mass is 127. The minimum Gasteiger partial charge on any atom is -0.480 e. The first kappa shape index (κ1) is 18.9. The van der Waals surface area contributed by atoms with Gasteiger partial charge in [-0.15, -0.1) is 0 Å². The highest BCUT2D eigenvalue weighted by molar-refractivity contribution is 14.1. The van der Waals surface area contributed by atoms with Crippen LogP contribution in [0.4, 0.5) is 0 Å². The lowest BCUT2D eigenvalue weighted by molar-refractivity contribution is -0.149. The zero-order chi connectivity index (χ0) is 16.7. The number of carboxylic acids is 1. The van der Waals surface area contributed by atoms with Crippen LogP contribution in [-0.2, 0) is 16.0 Å². The molecule has 0 aliphatic carbocycles. The summed E-state index contributed by atoms with van der Waals surface area (Å²) in [6.45, 7) is 0.389. The Labute approximate surface area is 144 Å². The van der Waals surface area contributed by atoms with Crippen molar-refractivity contribution < 1.29 is 14.7 Å². The Hall–Kier alpha value is -1.19. The molecule has 0 fully saturated rings. The first-order chi connectivity index (χ1) is 10.4. The molecule has 5 N–H and O–H groups in total. The highest BCUT2D eigenvalue weighted by Crippen LogP contribution is 2.11. The van der Waals surface area contributed by atoms with Crippen LogP contribution in [0.3, 0.4) is 0 Å². The molecule has 0 bridgehead atoms. The van der Waals surface area contributed by atoms with Crippen molar-refractivity contribution >= 4 is 34.5 Å². The smallest absolute Gasteiger partial charge is 0.326 e. The SMILES string of the molecule is CN(C(=O)[C@@H](N)Cc1ccc(I)cc1)[C@@H](CCCN)C(=O)O. The zero-order valence-corrected chi connectivity index (χ0v) is 14.7. The lowest BCUT2D eigenvalue weighted by Crippen LogP contribution is -2.50. The summed E-state index contributed by atoms with van der Waals surface area (Å²) in [5.74, 6) is -1.41. The number of nitrogens with zero attached hydrogens (tertiary/aromatic N) is 1. The Kier molecular flexibility index (Phi) is 7.77. The predicted octanol–water partition coefficient (Wildman–Crippen LogP) is 0.812. The lowest BCUT2D eigenvalue weighted by atomic mass is 10.0. The molecule has 0 heterocycles. The molecule has 6 nitrogen and oxygen atoms in total. The number of carbonyl (C=O) groups excluding carboxylic acids is 1. The van der Waals surface area contributed by atoms with Crippen LogP contribution >= 0.6 is 22.6 Å². The fourth-order valence-corrected chi connectivity index (χ4v) is 2.53. The van der Waals surface area contributed by atoms with E-state index in [0.29, 0.717) is 25.8 Å². The van der Waals surface area contributed by atoms with Gasteiger partial charge in [-0.25, -0.2) is 4.79 Å². The number of carboxylic acid groups (broad SMARTS) is 1. The van der Waals surface area contributed by atoms with Crippen LogP contribution in [0.1, 0.15) is 18.4 Å². The molecule has 1 aromatic rings. The van der Waals surface area contributed by atoms with Crippen molar-refractivity contribution in [2.45, 2.75) is 31.3 Å². The summed E-state index contributed by atoms with van der Waals surface area (Å²) < 4.78 is 1.10. The number of carbonyl (C=O) groups is 2. The van der Waals surface area contributed by atoms with Crippen LogP contribution < -0.4 is 11.5 Å². The third kappa shape index (κ3) is 5.54. The van der Waals surface area contributed by atoms with Gasteiger partial charge in [-0.05, 0) is 66.1 Å². The first-order valence-electron chi connectivity index (χ1n) is 7.06. The van der Waals surface area contributed by atoms with Gasteiger partial charge in [-0.1, -0.05) is 12.1 Å². The van der Waals surface area contributed by atoms with Gasteiger partial charge in [0, 0.05) is 10.6 Å². The van der Waals surface area contributed by atoms with E-state index in [0.717, 1.165) is 9.13 Å². The number of benzene rings is 1. The third-order valence-electron chi connectivity index (χ3n) is 3.47. The zero-order valence-electron chi connectivity index (χ0n) is 12.5. The standard InChI is InChI=1S/C15H22IN3O3/c1-19(13(15(21)22)3-2-8-17)14(20)12(18)9-10-4-6-11(16)7-5-10/h4-7,12-13H,2-3,8-9,17-18H2,1H3,(H,21,22)/t12-,13-/m0/s1. The minimum atomic E-state index is -1.04. The Morgan fingerprint density at radius 2 is 1.91 bits per heavy atom. The maximum absolute atomic E-state index is 12.3. The molecule has 0 spiro atoms. The Morgan fingerprint density at radius 3 is 2.41 bits per heavy atom. The summed E-state index contributed by atoms with van der Waals surface area (Å²) in [4.78, 5) is 24.8. The van der Waals surface area contributed by atoms with E-state index >= 15 is 0 Å². The van der Waals surface area contributed by atoms with E-state index in [9.17, 15) is 14.7 Å². The number of likely N-dealkylation sites (N-methyl/N-ethyl adjacent to an activating group) is 1. The largest absolute Gasteiger partial charge is 0.480 e. The second kappa shape index (κ2) is 9.06. The minimum absolute atomic E-state index is 0.324. The average Bonchev–Trinajstić information content (AvgIpc) is 2.48. The number of halogens is 1.